The summed E-state index contributed by atoms with van der Waals surface area (Å²) in [5, 5.41) is 24.2. The normalized spacial score (nSPS) is 29.0. The molecule has 164 valence electrons. The zero-order chi connectivity index (χ0) is 22.2. The number of nitrogen functional groups attached to an aromatic ring is 2. The second-order valence-electron chi connectivity index (χ2n) is 9.21. The largest absolute Gasteiger partial charge is 0.398 e. The van der Waals surface area contributed by atoms with Gasteiger partial charge in [-0.05, 0) is 55.0 Å². The summed E-state index contributed by atoms with van der Waals surface area (Å²) in [7, 11) is 0. The van der Waals surface area contributed by atoms with Crippen molar-refractivity contribution in [1.29, 1.82) is 0 Å². The Balaban J connectivity index is 1.26. The van der Waals surface area contributed by atoms with Crippen molar-refractivity contribution in [3.8, 4) is 0 Å². The number of benzene rings is 1. The molecule has 0 saturated heterocycles. The number of nitrogens with zero attached hydrogens (tertiary/aromatic N) is 3. The summed E-state index contributed by atoms with van der Waals surface area (Å²) in [5.41, 5.74) is 15.0. The van der Waals surface area contributed by atoms with E-state index < -0.39 is 12.2 Å². The number of fused-ring (bicyclic) bond motifs is 3. The van der Waals surface area contributed by atoms with Gasteiger partial charge in [0.1, 0.15) is 17.6 Å². The molecule has 0 bridgehead atoms. The topological polar surface area (TPSA) is 123 Å². The highest BCUT2D eigenvalue weighted by atomic mass is 35.5. The number of aliphatic hydroxyl groups excluding tert-OH is 2. The predicted octanol–water partition coefficient (Wildman–Crippen LogP) is 3.32. The zero-order valence-corrected chi connectivity index (χ0v) is 18.1. The van der Waals surface area contributed by atoms with Gasteiger partial charge in [0.25, 0.3) is 0 Å². The predicted molar refractivity (Wildman–Crippen MR) is 125 cm³/mol. The van der Waals surface area contributed by atoms with Gasteiger partial charge in [0.05, 0.1) is 22.7 Å². The van der Waals surface area contributed by atoms with E-state index in [4.69, 9.17) is 23.1 Å². The van der Waals surface area contributed by atoms with Crippen molar-refractivity contribution < 1.29 is 10.2 Å². The lowest BCUT2D eigenvalue weighted by Crippen LogP contribution is -2.34. The summed E-state index contributed by atoms with van der Waals surface area (Å²) in [6.07, 6.45) is 4.44. The molecule has 0 amide bonds. The van der Waals surface area contributed by atoms with E-state index in [1.54, 1.807) is 12.3 Å². The van der Waals surface area contributed by atoms with E-state index in [1.807, 2.05) is 35.0 Å². The van der Waals surface area contributed by atoms with Crippen LogP contribution in [-0.2, 0) is 6.42 Å². The molecule has 6 N–H and O–H groups in total. The van der Waals surface area contributed by atoms with E-state index in [2.05, 4.69) is 16.0 Å². The van der Waals surface area contributed by atoms with Crippen LogP contribution in [0.25, 0.3) is 21.9 Å². The molecular weight excluding hydrogens is 426 g/mol. The molecule has 7 nitrogen and oxygen atoms in total. The van der Waals surface area contributed by atoms with Gasteiger partial charge < -0.3 is 26.2 Å². The molecule has 6 rings (SSSR count). The van der Waals surface area contributed by atoms with E-state index >= 15 is 0 Å². The molecule has 0 spiro atoms. The fraction of sp³-hybridized carbons (Fsp3) is 0.333. The van der Waals surface area contributed by atoms with Gasteiger partial charge in [0.15, 0.2) is 0 Å². The first-order valence-corrected chi connectivity index (χ1v) is 11.2. The minimum atomic E-state index is -0.840. The number of aryl methyl sites for hydroxylation is 1. The van der Waals surface area contributed by atoms with Crippen LogP contribution in [0.5, 0.6) is 0 Å². The van der Waals surface area contributed by atoms with Crippen LogP contribution in [0.4, 0.5) is 11.5 Å². The maximum atomic E-state index is 11.0. The Morgan fingerprint density at radius 2 is 2.00 bits per heavy atom. The van der Waals surface area contributed by atoms with E-state index in [9.17, 15) is 10.2 Å². The maximum absolute atomic E-state index is 11.0. The lowest BCUT2D eigenvalue weighted by atomic mass is 9.91. The molecular formula is C24H24ClN5O2. The number of hydrogen-bond donors (Lipinski definition) is 4. The number of pyridine rings is 2. The molecule has 2 aliphatic carbocycles. The fourth-order valence-corrected chi connectivity index (χ4v) is 5.92. The van der Waals surface area contributed by atoms with E-state index in [0.717, 1.165) is 46.8 Å². The van der Waals surface area contributed by atoms with Gasteiger partial charge in [-0.3, -0.25) is 0 Å². The number of anilines is 2. The molecule has 2 fully saturated rings. The minimum Gasteiger partial charge on any atom is -0.398 e. The van der Waals surface area contributed by atoms with Crippen molar-refractivity contribution in [1.82, 2.24) is 14.5 Å². The summed E-state index contributed by atoms with van der Waals surface area (Å²) in [6, 6.07) is 11.4. The summed E-state index contributed by atoms with van der Waals surface area (Å²) in [4.78, 5) is 8.87. The summed E-state index contributed by atoms with van der Waals surface area (Å²) < 4.78 is 1.99. The zero-order valence-electron chi connectivity index (χ0n) is 17.3. The molecule has 4 aromatic rings. The summed E-state index contributed by atoms with van der Waals surface area (Å²) in [5.74, 6) is 0.516. The molecule has 3 aromatic heterocycles. The third-order valence-electron chi connectivity index (χ3n) is 7.57. The van der Waals surface area contributed by atoms with Crippen LogP contribution < -0.4 is 11.5 Å². The number of rotatable bonds is 4. The highest BCUT2D eigenvalue weighted by Crippen LogP contribution is 2.69. The Kier molecular flexibility index (Phi) is 4.21. The lowest BCUT2D eigenvalue weighted by molar-refractivity contribution is -0.0191. The van der Waals surface area contributed by atoms with Crippen molar-refractivity contribution >= 4 is 45.0 Å². The van der Waals surface area contributed by atoms with Crippen molar-refractivity contribution in [2.45, 2.75) is 37.5 Å². The van der Waals surface area contributed by atoms with Gasteiger partial charge in [0.2, 0.25) is 0 Å². The Bertz CT molecular complexity index is 1370. The quantitative estimate of drug-likeness (QED) is 0.379. The van der Waals surface area contributed by atoms with Gasteiger partial charge in [-0.25, -0.2) is 9.97 Å². The Labute approximate surface area is 189 Å². The van der Waals surface area contributed by atoms with Crippen LogP contribution in [-0.4, -0.2) is 37.0 Å². The Morgan fingerprint density at radius 1 is 1.16 bits per heavy atom. The fourth-order valence-electron chi connectivity index (χ4n) is 5.76. The highest BCUT2D eigenvalue weighted by molar-refractivity contribution is 6.33. The van der Waals surface area contributed by atoms with E-state index in [1.165, 1.54) is 0 Å². The monoisotopic (exact) mass is 449 g/mol. The van der Waals surface area contributed by atoms with Crippen LogP contribution in [0, 0.1) is 11.3 Å². The van der Waals surface area contributed by atoms with Crippen LogP contribution in [0.2, 0.25) is 5.02 Å². The molecule has 5 atom stereocenters. The van der Waals surface area contributed by atoms with E-state index in [-0.39, 0.29) is 17.4 Å². The molecule has 3 heterocycles. The minimum absolute atomic E-state index is 0.194. The van der Waals surface area contributed by atoms with Gasteiger partial charge in [-0.1, -0.05) is 23.7 Å². The maximum Gasteiger partial charge on any atom is 0.142 e. The average Bonchev–Trinajstić information content (AvgIpc) is 3.27. The molecule has 2 saturated carbocycles. The molecule has 2 aliphatic rings. The number of aliphatic hydroxyl groups is 2. The number of aromatic nitrogens is 3. The van der Waals surface area contributed by atoms with E-state index in [0.29, 0.717) is 16.5 Å². The van der Waals surface area contributed by atoms with Crippen LogP contribution in [0.3, 0.4) is 0 Å². The Morgan fingerprint density at radius 3 is 2.84 bits per heavy atom. The van der Waals surface area contributed by atoms with Gasteiger partial charge >= 0.3 is 0 Å². The molecule has 0 radical (unpaired) electrons. The van der Waals surface area contributed by atoms with Crippen molar-refractivity contribution in [2.75, 3.05) is 11.5 Å². The smallest absolute Gasteiger partial charge is 0.142 e. The average molecular weight is 450 g/mol. The third kappa shape index (κ3) is 2.75. The number of hydrogen-bond acceptors (Lipinski definition) is 6. The molecule has 0 aliphatic heterocycles. The first-order valence-electron chi connectivity index (χ1n) is 10.8. The van der Waals surface area contributed by atoms with Crippen molar-refractivity contribution in [3.05, 3.63) is 59.4 Å². The standard InChI is InChI=1S/C24H24ClN5O2/c25-16-10-13-2-1-12(9-18(13)29-22(16)27)3-6-24-11-15(24)19(20(31)21(24)32)30-8-5-14-17(26)4-7-28-23(14)30/h1-2,4-5,7-10,15,19-21,31-32H,3,6,11H2,(H2,26,28)(H2,27,29)/t15-,19-,20+,21+,24-/m1/s1. The second-order valence-corrected chi connectivity index (χ2v) is 9.62. The summed E-state index contributed by atoms with van der Waals surface area (Å²) in [6.45, 7) is 0. The molecule has 0 unspecified atom stereocenters. The van der Waals surface area contributed by atoms with Gasteiger partial charge in [0, 0.05) is 34.3 Å². The van der Waals surface area contributed by atoms with Crippen LogP contribution in [0.15, 0.2) is 48.8 Å². The number of halogens is 1. The highest BCUT2D eigenvalue weighted by Gasteiger charge is 2.70. The molecule has 8 heteroatoms. The van der Waals surface area contributed by atoms with Crippen LogP contribution >= 0.6 is 11.6 Å². The van der Waals surface area contributed by atoms with Gasteiger partial charge in [-0.2, -0.15) is 0 Å². The molecule has 32 heavy (non-hydrogen) atoms. The lowest BCUT2D eigenvalue weighted by Gasteiger charge is -2.24. The first-order chi connectivity index (χ1) is 15.4. The Hall–Kier alpha value is -2.87. The second kappa shape index (κ2) is 6.81. The summed E-state index contributed by atoms with van der Waals surface area (Å²) >= 11 is 6.08. The third-order valence-corrected chi connectivity index (χ3v) is 7.87. The number of nitrogens with two attached hydrogens (primary N) is 2. The van der Waals surface area contributed by atoms with Gasteiger partial charge in [-0.15, -0.1) is 0 Å². The van der Waals surface area contributed by atoms with Crippen LogP contribution in [0.1, 0.15) is 24.4 Å². The van der Waals surface area contributed by atoms with Crippen molar-refractivity contribution in [3.63, 3.8) is 0 Å². The SMILES string of the molecule is Nc1nc2cc(CC[C@@]34C[C@@H]3[C@@H](n3ccc5c(N)ccnc53)[C@H](O)[C@@H]4O)ccc2cc1Cl. The molecule has 1 aromatic carbocycles. The van der Waals surface area contributed by atoms with Crippen molar-refractivity contribution in [2.24, 2.45) is 11.3 Å². The first kappa shape index (κ1) is 19.8.